The molecule has 180 valence electrons. The molecule has 0 unspecified atom stereocenters. The van der Waals surface area contributed by atoms with Crippen molar-refractivity contribution in [3.63, 3.8) is 0 Å². The summed E-state index contributed by atoms with van der Waals surface area (Å²) in [6.45, 7) is 3.96. The maximum atomic E-state index is 13.7. The van der Waals surface area contributed by atoms with Gasteiger partial charge in [-0.25, -0.2) is 4.39 Å². The summed E-state index contributed by atoms with van der Waals surface area (Å²) in [5, 5.41) is 0. The van der Waals surface area contributed by atoms with Crippen LogP contribution in [0.25, 0.3) is 0 Å². The Hall–Kier alpha value is -3.08. The number of halogens is 1. The van der Waals surface area contributed by atoms with Gasteiger partial charge in [0.15, 0.2) is 0 Å². The Morgan fingerprint density at radius 1 is 1.06 bits per heavy atom. The molecule has 5 heteroatoms. The van der Waals surface area contributed by atoms with E-state index in [1.165, 1.54) is 12.5 Å². The lowest BCUT2D eigenvalue weighted by atomic mass is 9.93. The topological polar surface area (TPSA) is 34.5 Å². The van der Waals surface area contributed by atoms with Gasteiger partial charge in [-0.05, 0) is 73.4 Å². The van der Waals surface area contributed by atoms with Crippen molar-refractivity contribution in [2.24, 2.45) is 0 Å². The molecular weight excluding hydrogens is 427 g/mol. The first kappa shape index (κ1) is 24.1. The number of amides is 1. The standard InChI is InChI=1S/C29H35FN2O2/c1-2-3-19-34-28-16-14-24(15-17-28)29(33)32(26-11-5-4-6-12-26)22-27-13-8-18-31(27)21-23-9-7-10-25(30)20-23/h7-10,13-18,20,26H,2-6,11-12,19,21-22H2,1H3. The molecule has 1 saturated carbocycles. The van der Waals surface area contributed by atoms with Crippen LogP contribution in [-0.4, -0.2) is 28.0 Å². The van der Waals surface area contributed by atoms with E-state index in [1.54, 1.807) is 12.1 Å². The zero-order valence-corrected chi connectivity index (χ0v) is 20.1. The second-order valence-electron chi connectivity index (χ2n) is 9.21. The van der Waals surface area contributed by atoms with Crippen molar-refractivity contribution in [3.05, 3.63) is 89.5 Å². The molecule has 4 nitrogen and oxygen atoms in total. The van der Waals surface area contributed by atoms with Crippen molar-refractivity contribution < 1.29 is 13.9 Å². The number of carbonyl (C=O) groups excluding carboxylic acids is 1. The highest BCUT2D eigenvalue weighted by atomic mass is 19.1. The number of benzene rings is 2. The molecule has 2 aromatic carbocycles. The molecule has 0 aliphatic heterocycles. The molecule has 0 N–H and O–H groups in total. The third-order valence-electron chi connectivity index (χ3n) is 6.64. The molecule has 0 atom stereocenters. The van der Waals surface area contributed by atoms with Crippen LogP contribution >= 0.6 is 0 Å². The number of hydrogen-bond acceptors (Lipinski definition) is 2. The normalized spacial score (nSPS) is 14.2. The Kier molecular flexibility index (Phi) is 8.40. The quantitative estimate of drug-likeness (QED) is 0.310. The third-order valence-corrected chi connectivity index (χ3v) is 6.64. The predicted molar refractivity (Wildman–Crippen MR) is 134 cm³/mol. The molecule has 0 saturated heterocycles. The highest BCUT2D eigenvalue weighted by molar-refractivity contribution is 5.94. The minimum Gasteiger partial charge on any atom is -0.494 e. The van der Waals surface area contributed by atoms with Crippen molar-refractivity contribution in [3.8, 4) is 5.75 Å². The summed E-state index contributed by atoms with van der Waals surface area (Å²) in [4.78, 5) is 15.7. The van der Waals surface area contributed by atoms with E-state index in [9.17, 15) is 9.18 Å². The number of rotatable bonds is 10. The number of nitrogens with zero attached hydrogens (tertiary/aromatic N) is 2. The minimum atomic E-state index is -0.229. The van der Waals surface area contributed by atoms with Crippen molar-refractivity contribution in [2.45, 2.75) is 71.0 Å². The summed E-state index contributed by atoms with van der Waals surface area (Å²) in [5.41, 5.74) is 2.66. The molecule has 34 heavy (non-hydrogen) atoms. The van der Waals surface area contributed by atoms with Crippen LogP contribution < -0.4 is 4.74 Å². The molecule has 1 heterocycles. The van der Waals surface area contributed by atoms with Gasteiger partial charge in [0.2, 0.25) is 0 Å². The summed E-state index contributed by atoms with van der Waals surface area (Å²) in [5.74, 6) is 0.635. The summed E-state index contributed by atoms with van der Waals surface area (Å²) in [6, 6.07) is 18.6. The van der Waals surface area contributed by atoms with Crippen LogP contribution in [0.15, 0.2) is 66.9 Å². The van der Waals surface area contributed by atoms with E-state index in [0.29, 0.717) is 25.3 Å². The van der Waals surface area contributed by atoms with E-state index >= 15 is 0 Å². The molecule has 0 bridgehead atoms. The lowest BCUT2D eigenvalue weighted by Gasteiger charge is -2.35. The maximum absolute atomic E-state index is 13.7. The summed E-state index contributed by atoms with van der Waals surface area (Å²) in [7, 11) is 0. The highest BCUT2D eigenvalue weighted by Gasteiger charge is 2.27. The van der Waals surface area contributed by atoms with Gasteiger partial charge < -0.3 is 14.2 Å². The van der Waals surface area contributed by atoms with E-state index in [-0.39, 0.29) is 17.8 Å². The van der Waals surface area contributed by atoms with Crippen molar-refractivity contribution in [1.82, 2.24) is 9.47 Å². The number of unbranched alkanes of at least 4 members (excludes halogenated alkanes) is 1. The van der Waals surface area contributed by atoms with Gasteiger partial charge in [-0.1, -0.05) is 44.7 Å². The van der Waals surface area contributed by atoms with Crippen LogP contribution in [0.4, 0.5) is 4.39 Å². The van der Waals surface area contributed by atoms with Gasteiger partial charge in [0.25, 0.3) is 5.91 Å². The molecule has 1 fully saturated rings. The predicted octanol–water partition coefficient (Wildman–Crippen LogP) is 6.83. The zero-order valence-electron chi connectivity index (χ0n) is 20.1. The average Bonchev–Trinajstić information content (AvgIpc) is 3.30. The second kappa shape index (κ2) is 11.9. The van der Waals surface area contributed by atoms with Crippen LogP contribution in [-0.2, 0) is 13.1 Å². The SMILES string of the molecule is CCCCOc1ccc(C(=O)N(Cc2cccn2Cc2cccc(F)c2)C2CCCCC2)cc1. The fourth-order valence-corrected chi connectivity index (χ4v) is 4.71. The summed E-state index contributed by atoms with van der Waals surface area (Å²) in [6.07, 6.45) is 9.73. The van der Waals surface area contributed by atoms with Gasteiger partial charge >= 0.3 is 0 Å². The van der Waals surface area contributed by atoms with Gasteiger partial charge in [0.1, 0.15) is 11.6 Å². The Balaban J connectivity index is 1.52. The minimum absolute atomic E-state index is 0.0607. The molecule has 1 amide bonds. The second-order valence-corrected chi connectivity index (χ2v) is 9.21. The smallest absolute Gasteiger partial charge is 0.254 e. The summed E-state index contributed by atoms with van der Waals surface area (Å²) < 4.78 is 21.6. The van der Waals surface area contributed by atoms with Gasteiger partial charge in [0.05, 0.1) is 13.2 Å². The van der Waals surface area contributed by atoms with Gasteiger partial charge in [0, 0.05) is 30.0 Å². The number of aromatic nitrogens is 1. The molecule has 3 aromatic rings. The van der Waals surface area contributed by atoms with Gasteiger partial charge in [-0.2, -0.15) is 0 Å². The first-order chi connectivity index (χ1) is 16.6. The van der Waals surface area contributed by atoms with Crippen LogP contribution in [0, 0.1) is 5.82 Å². The lowest BCUT2D eigenvalue weighted by Crippen LogP contribution is -2.41. The average molecular weight is 463 g/mol. The van der Waals surface area contributed by atoms with E-state index in [1.807, 2.05) is 47.5 Å². The Labute approximate surface area is 202 Å². The number of ether oxygens (including phenoxy) is 1. The third kappa shape index (κ3) is 6.28. The van der Waals surface area contributed by atoms with Crippen molar-refractivity contribution in [2.75, 3.05) is 6.61 Å². The molecule has 0 radical (unpaired) electrons. The molecule has 0 spiro atoms. The highest BCUT2D eigenvalue weighted by Crippen LogP contribution is 2.27. The molecule has 4 rings (SSSR count). The Bertz CT molecular complexity index is 1050. The molecule has 1 aliphatic rings. The van der Waals surface area contributed by atoms with Crippen molar-refractivity contribution >= 4 is 5.91 Å². The van der Waals surface area contributed by atoms with E-state index in [4.69, 9.17) is 4.74 Å². The lowest BCUT2D eigenvalue weighted by molar-refractivity contribution is 0.0608. The first-order valence-electron chi connectivity index (χ1n) is 12.6. The van der Waals surface area contributed by atoms with Crippen molar-refractivity contribution in [1.29, 1.82) is 0 Å². The number of carbonyl (C=O) groups is 1. The fourth-order valence-electron chi connectivity index (χ4n) is 4.71. The molecule has 1 aromatic heterocycles. The molecular formula is C29H35FN2O2. The van der Waals surface area contributed by atoms with E-state index in [2.05, 4.69) is 17.6 Å². The zero-order chi connectivity index (χ0) is 23.8. The van der Waals surface area contributed by atoms with E-state index in [0.717, 1.165) is 55.5 Å². The van der Waals surface area contributed by atoms with Gasteiger partial charge in [-0.15, -0.1) is 0 Å². The van der Waals surface area contributed by atoms with Crippen LogP contribution in [0.5, 0.6) is 5.75 Å². The Morgan fingerprint density at radius 2 is 1.85 bits per heavy atom. The first-order valence-corrected chi connectivity index (χ1v) is 12.6. The monoisotopic (exact) mass is 462 g/mol. The molecule has 1 aliphatic carbocycles. The number of hydrogen-bond donors (Lipinski definition) is 0. The summed E-state index contributed by atoms with van der Waals surface area (Å²) >= 11 is 0. The van der Waals surface area contributed by atoms with Crippen LogP contribution in [0.2, 0.25) is 0 Å². The maximum Gasteiger partial charge on any atom is 0.254 e. The van der Waals surface area contributed by atoms with E-state index < -0.39 is 0 Å². The fraction of sp³-hybridized carbons (Fsp3) is 0.414. The van der Waals surface area contributed by atoms with Gasteiger partial charge in [-0.3, -0.25) is 4.79 Å². The van der Waals surface area contributed by atoms with Crippen LogP contribution in [0.3, 0.4) is 0 Å². The Morgan fingerprint density at radius 3 is 2.59 bits per heavy atom. The largest absolute Gasteiger partial charge is 0.494 e. The van der Waals surface area contributed by atoms with Crippen LogP contribution in [0.1, 0.15) is 73.5 Å².